The highest BCUT2D eigenvalue weighted by Gasteiger charge is 2.02. The maximum Gasteiger partial charge on any atom is 0.115 e. The number of allylic oxidation sites excluding steroid dienone is 3. The molecule has 0 radical (unpaired) electrons. The van der Waals surface area contributed by atoms with Gasteiger partial charge in [0.15, 0.2) is 0 Å². The summed E-state index contributed by atoms with van der Waals surface area (Å²) in [4.78, 5) is 0. The van der Waals surface area contributed by atoms with Crippen molar-refractivity contribution in [3.05, 3.63) is 72.5 Å². The molecule has 0 N–H and O–H groups in total. The minimum atomic E-state index is 0.575. The molecule has 1 aromatic rings. The van der Waals surface area contributed by atoms with Gasteiger partial charge >= 0.3 is 0 Å². The smallest absolute Gasteiger partial charge is 0.115 e. The van der Waals surface area contributed by atoms with E-state index in [1.54, 1.807) is 0 Å². The van der Waals surface area contributed by atoms with Crippen LogP contribution < -0.4 is 0 Å². The summed E-state index contributed by atoms with van der Waals surface area (Å²) >= 11 is 0. The number of rotatable bonds is 7. The molecule has 0 unspecified atom stereocenters. The van der Waals surface area contributed by atoms with Crippen LogP contribution in [0.3, 0.4) is 0 Å². The molecule has 0 aliphatic heterocycles. The van der Waals surface area contributed by atoms with Crippen LogP contribution in [0, 0.1) is 0 Å². The van der Waals surface area contributed by atoms with Crippen molar-refractivity contribution < 1.29 is 4.74 Å². The molecule has 0 aromatic heterocycles. The first-order chi connectivity index (χ1) is 8.27. The van der Waals surface area contributed by atoms with Crippen LogP contribution in [0.2, 0.25) is 0 Å². The Morgan fingerprint density at radius 1 is 1.29 bits per heavy atom. The number of ether oxygens (including phenoxy) is 1. The first-order valence-corrected chi connectivity index (χ1v) is 5.90. The van der Waals surface area contributed by atoms with Crippen molar-refractivity contribution in [1.29, 1.82) is 0 Å². The Bertz CT molecular complexity index is 387. The van der Waals surface area contributed by atoms with Gasteiger partial charge in [0.1, 0.15) is 12.4 Å². The molecule has 1 rings (SSSR count). The van der Waals surface area contributed by atoms with Crippen LogP contribution in [-0.2, 0) is 11.3 Å². The SMILES string of the molecule is C=CCC/C(=C/C)C(=C)OCc1ccccc1. The van der Waals surface area contributed by atoms with Gasteiger partial charge in [-0.15, -0.1) is 6.58 Å². The number of hydrogen-bond donors (Lipinski definition) is 0. The van der Waals surface area contributed by atoms with Crippen molar-refractivity contribution in [2.24, 2.45) is 0 Å². The second-order valence-electron chi connectivity index (χ2n) is 3.84. The molecule has 1 aromatic carbocycles. The molecule has 0 fully saturated rings. The highest BCUT2D eigenvalue weighted by molar-refractivity contribution is 5.23. The summed E-state index contributed by atoms with van der Waals surface area (Å²) in [7, 11) is 0. The predicted molar refractivity (Wildman–Crippen MR) is 73.6 cm³/mol. The summed E-state index contributed by atoms with van der Waals surface area (Å²) in [5.74, 6) is 0.762. The summed E-state index contributed by atoms with van der Waals surface area (Å²) in [5.41, 5.74) is 2.31. The molecule has 0 aliphatic rings. The Balaban J connectivity index is 2.46. The molecule has 0 heterocycles. The average molecular weight is 228 g/mol. The van der Waals surface area contributed by atoms with Crippen LogP contribution in [-0.4, -0.2) is 0 Å². The van der Waals surface area contributed by atoms with Crippen LogP contribution in [0.4, 0.5) is 0 Å². The third-order valence-electron chi connectivity index (χ3n) is 2.58. The van der Waals surface area contributed by atoms with E-state index in [2.05, 4.69) is 19.2 Å². The summed E-state index contributed by atoms with van der Waals surface area (Å²) in [6.07, 6.45) is 5.85. The molecule has 1 nitrogen and oxygen atoms in total. The molecule has 0 saturated carbocycles. The second kappa shape index (κ2) is 7.50. The van der Waals surface area contributed by atoms with Crippen molar-refractivity contribution >= 4 is 0 Å². The van der Waals surface area contributed by atoms with Crippen molar-refractivity contribution in [2.45, 2.75) is 26.4 Å². The Morgan fingerprint density at radius 3 is 2.59 bits per heavy atom. The Hall–Kier alpha value is -1.76. The van der Waals surface area contributed by atoms with E-state index >= 15 is 0 Å². The molecule has 0 saturated heterocycles. The van der Waals surface area contributed by atoms with Gasteiger partial charge < -0.3 is 4.74 Å². The molecule has 1 heteroatoms. The highest BCUT2D eigenvalue weighted by Crippen LogP contribution is 2.17. The monoisotopic (exact) mass is 228 g/mol. The normalized spacial score (nSPS) is 11.0. The maximum atomic E-state index is 5.68. The van der Waals surface area contributed by atoms with Gasteiger partial charge in [-0.25, -0.2) is 0 Å². The van der Waals surface area contributed by atoms with Crippen molar-refractivity contribution in [2.75, 3.05) is 0 Å². The van der Waals surface area contributed by atoms with E-state index < -0.39 is 0 Å². The van der Waals surface area contributed by atoms with Crippen LogP contribution in [0.5, 0.6) is 0 Å². The molecular formula is C16H20O. The lowest BCUT2D eigenvalue weighted by Gasteiger charge is -2.12. The molecular weight excluding hydrogens is 208 g/mol. The fraction of sp³-hybridized carbons (Fsp3) is 0.250. The van der Waals surface area contributed by atoms with Gasteiger partial charge in [0.2, 0.25) is 0 Å². The number of benzene rings is 1. The minimum Gasteiger partial charge on any atom is -0.489 e. The first-order valence-electron chi connectivity index (χ1n) is 5.90. The minimum absolute atomic E-state index is 0.575. The van der Waals surface area contributed by atoms with Crippen LogP contribution in [0.1, 0.15) is 25.3 Å². The lowest BCUT2D eigenvalue weighted by atomic mass is 10.1. The van der Waals surface area contributed by atoms with Gasteiger partial charge in [0.25, 0.3) is 0 Å². The molecule has 0 spiro atoms. The topological polar surface area (TPSA) is 9.23 Å². The second-order valence-corrected chi connectivity index (χ2v) is 3.84. The summed E-state index contributed by atoms with van der Waals surface area (Å²) in [6, 6.07) is 10.1. The molecule has 90 valence electrons. The van der Waals surface area contributed by atoms with E-state index in [-0.39, 0.29) is 0 Å². The van der Waals surface area contributed by atoms with E-state index in [1.807, 2.05) is 43.3 Å². The van der Waals surface area contributed by atoms with Gasteiger partial charge in [0, 0.05) is 0 Å². The Morgan fingerprint density at radius 2 is 2.00 bits per heavy atom. The van der Waals surface area contributed by atoms with E-state index in [0.717, 1.165) is 29.7 Å². The third kappa shape index (κ3) is 4.73. The zero-order valence-electron chi connectivity index (χ0n) is 10.5. The standard InChI is InChI=1S/C16H20O/c1-4-6-12-16(5-2)14(3)17-13-15-10-8-7-9-11-15/h4-5,7-11H,1,3,6,12-13H2,2H3/b16-5-. The van der Waals surface area contributed by atoms with E-state index in [1.165, 1.54) is 0 Å². The fourth-order valence-corrected chi connectivity index (χ4v) is 1.54. The molecule has 0 aliphatic carbocycles. The zero-order valence-corrected chi connectivity index (χ0v) is 10.5. The van der Waals surface area contributed by atoms with Crippen LogP contribution >= 0.6 is 0 Å². The van der Waals surface area contributed by atoms with Gasteiger partial charge in [0.05, 0.1) is 0 Å². The first kappa shape index (κ1) is 13.3. The van der Waals surface area contributed by atoms with Crippen LogP contribution in [0.25, 0.3) is 0 Å². The van der Waals surface area contributed by atoms with Gasteiger partial charge in [-0.05, 0) is 30.9 Å². The van der Waals surface area contributed by atoms with Crippen LogP contribution in [0.15, 0.2) is 67.0 Å². The summed E-state index contributed by atoms with van der Waals surface area (Å²) < 4.78 is 5.68. The van der Waals surface area contributed by atoms with E-state index in [4.69, 9.17) is 4.74 Å². The quantitative estimate of drug-likeness (QED) is 0.375. The van der Waals surface area contributed by atoms with Gasteiger partial charge in [-0.2, -0.15) is 0 Å². The van der Waals surface area contributed by atoms with Gasteiger partial charge in [-0.3, -0.25) is 0 Å². The fourth-order valence-electron chi connectivity index (χ4n) is 1.54. The largest absolute Gasteiger partial charge is 0.489 e. The molecule has 17 heavy (non-hydrogen) atoms. The Kier molecular flexibility index (Phi) is 5.87. The predicted octanol–water partition coefficient (Wildman–Crippen LogP) is 4.63. The number of hydrogen-bond acceptors (Lipinski definition) is 1. The van der Waals surface area contributed by atoms with Gasteiger partial charge in [-0.1, -0.05) is 49.1 Å². The van der Waals surface area contributed by atoms with E-state index in [9.17, 15) is 0 Å². The Labute approximate surface area is 104 Å². The maximum absolute atomic E-state index is 5.68. The summed E-state index contributed by atoms with van der Waals surface area (Å²) in [5, 5.41) is 0. The van der Waals surface area contributed by atoms with Crippen molar-refractivity contribution in [1.82, 2.24) is 0 Å². The lowest BCUT2D eigenvalue weighted by Crippen LogP contribution is -1.96. The third-order valence-corrected chi connectivity index (χ3v) is 2.58. The van der Waals surface area contributed by atoms with Crippen molar-refractivity contribution in [3.8, 4) is 0 Å². The summed E-state index contributed by atoms with van der Waals surface area (Å²) in [6.45, 7) is 10.3. The zero-order chi connectivity index (χ0) is 12.5. The average Bonchev–Trinajstić information content (AvgIpc) is 2.38. The molecule has 0 bridgehead atoms. The molecule has 0 amide bonds. The van der Waals surface area contributed by atoms with E-state index in [0.29, 0.717) is 6.61 Å². The lowest BCUT2D eigenvalue weighted by molar-refractivity contribution is 0.206. The van der Waals surface area contributed by atoms with Crippen molar-refractivity contribution in [3.63, 3.8) is 0 Å². The highest BCUT2D eigenvalue weighted by atomic mass is 16.5. The molecule has 0 atom stereocenters.